The van der Waals surface area contributed by atoms with Gasteiger partial charge >= 0.3 is 0 Å². The number of hydrogen-bond donors (Lipinski definition) is 0. The van der Waals surface area contributed by atoms with Gasteiger partial charge in [-0.2, -0.15) is 0 Å². The molecule has 0 saturated heterocycles. The first kappa shape index (κ1) is 23.0. The molecular weight excluding hydrogens is 406 g/mol. The van der Waals surface area contributed by atoms with E-state index < -0.39 is 0 Å². The van der Waals surface area contributed by atoms with Gasteiger partial charge in [0.15, 0.2) is 5.78 Å². The molecule has 3 nitrogen and oxygen atoms in total. The van der Waals surface area contributed by atoms with Crippen LogP contribution in [0.4, 0.5) is 5.69 Å². The minimum Gasteiger partial charge on any atom is -0.494 e. The molecule has 0 saturated carbocycles. The summed E-state index contributed by atoms with van der Waals surface area (Å²) < 4.78 is 5.88. The summed E-state index contributed by atoms with van der Waals surface area (Å²) in [7, 11) is 0. The summed E-state index contributed by atoms with van der Waals surface area (Å²) in [5, 5.41) is 0. The van der Waals surface area contributed by atoms with Crippen LogP contribution in [0.15, 0.2) is 71.7 Å². The van der Waals surface area contributed by atoms with Crippen LogP contribution < -0.4 is 4.74 Å². The quantitative estimate of drug-likeness (QED) is 0.165. The van der Waals surface area contributed by atoms with Gasteiger partial charge in [-0.15, -0.1) is 0 Å². The van der Waals surface area contributed by atoms with Gasteiger partial charge in [0.1, 0.15) is 5.75 Å². The number of unbranched alkanes of at least 4 members (excludes halogenated alkanes) is 7. The molecule has 0 radical (unpaired) electrons. The molecule has 1 aliphatic rings. The topological polar surface area (TPSA) is 38.7 Å². The molecule has 0 fully saturated rings. The number of benzene rings is 3. The fourth-order valence-electron chi connectivity index (χ4n) is 4.32. The monoisotopic (exact) mass is 439 g/mol. The predicted octanol–water partition coefficient (Wildman–Crippen LogP) is 8.17. The third-order valence-corrected chi connectivity index (χ3v) is 6.22. The fourth-order valence-corrected chi connectivity index (χ4v) is 4.32. The molecule has 0 aromatic heterocycles. The average Bonchev–Trinajstić information content (AvgIpc) is 3.14. The molecule has 0 atom stereocenters. The SMILES string of the molecule is CCCCCCCCCCOc1ccc(C=Nc2ccc3c(c2)C(=O)c2ccccc2-3)cc1. The number of nitrogens with zero attached hydrogens (tertiary/aromatic N) is 1. The first-order valence-corrected chi connectivity index (χ1v) is 12.3. The molecule has 0 amide bonds. The Kier molecular flexibility index (Phi) is 8.08. The van der Waals surface area contributed by atoms with Crippen molar-refractivity contribution >= 4 is 17.7 Å². The van der Waals surface area contributed by atoms with Crippen LogP contribution in [0.25, 0.3) is 11.1 Å². The number of aliphatic imine (C=N–C) groups is 1. The van der Waals surface area contributed by atoms with E-state index in [2.05, 4.69) is 11.9 Å². The van der Waals surface area contributed by atoms with E-state index in [0.717, 1.165) is 52.3 Å². The highest BCUT2D eigenvalue weighted by Crippen LogP contribution is 2.38. The zero-order chi connectivity index (χ0) is 22.9. The van der Waals surface area contributed by atoms with Crippen molar-refractivity contribution in [3.05, 3.63) is 83.4 Å². The number of ether oxygens (including phenoxy) is 1. The van der Waals surface area contributed by atoms with Gasteiger partial charge in [-0.05, 0) is 59.5 Å². The van der Waals surface area contributed by atoms with Crippen molar-refractivity contribution in [3.63, 3.8) is 0 Å². The molecule has 3 heteroatoms. The Morgan fingerprint density at radius 3 is 2.15 bits per heavy atom. The molecule has 170 valence electrons. The Bertz CT molecular complexity index is 1100. The van der Waals surface area contributed by atoms with E-state index in [4.69, 9.17) is 4.74 Å². The second kappa shape index (κ2) is 11.6. The summed E-state index contributed by atoms with van der Waals surface area (Å²) in [6, 6.07) is 21.6. The maximum atomic E-state index is 12.7. The molecule has 0 unspecified atom stereocenters. The first-order valence-electron chi connectivity index (χ1n) is 12.3. The number of ketones is 1. The zero-order valence-electron chi connectivity index (χ0n) is 19.6. The lowest BCUT2D eigenvalue weighted by atomic mass is 10.1. The second-order valence-electron chi connectivity index (χ2n) is 8.76. The third-order valence-electron chi connectivity index (χ3n) is 6.22. The van der Waals surface area contributed by atoms with Gasteiger partial charge in [0, 0.05) is 17.3 Å². The molecule has 1 aliphatic carbocycles. The molecule has 3 aromatic rings. The lowest BCUT2D eigenvalue weighted by Gasteiger charge is -2.06. The standard InChI is InChI=1S/C30H33NO2/c1-2-3-4-5-6-7-8-11-20-33-25-17-14-23(15-18-25)22-31-24-16-19-27-26-12-9-10-13-28(26)30(32)29(27)21-24/h9-10,12-19,21-22H,2-8,11,20H2,1H3. The normalized spacial score (nSPS) is 12.2. The molecule has 4 rings (SSSR count). The van der Waals surface area contributed by atoms with Crippen LogP contribution in [0.5, 0.6) is 5.75 Å². The van der Waals surface area contributed by atoms with Crippen LogP contribution in [-0.2, 0) is 0 Å². The van der Waals surface area contributed by atoms with Crippen molar-refractivity contribution < 1.29 is 9.53 Å². The molecule has 0 bridgehead atoms. The van der Waals surface area contributed by atoms with Gasteiger partial charge in [-0.3, -0.25) is 9.79 Å². The second-order valence-corrected chi connectivity index (χ2v) is 8.76. The van der Waals surface area contributed by atoms with E-state index in [1.807, 2.05) is 72.9 Å². The van der Waals surface area contributed by atoms with Crippen molar-refractivity contribution in [3.8, 4) is 16.9 Å². The van der Waals surface area contributed by atoms with Gasteiger partial charge in [-0.1, -0.05) is 82.2 Å². The highest BCUT2D eigenvalue weighted by molar-refractivity contribution is 6.22. The summed E-state index contributed by atoms with van der Waals surface area (Å²) >= 11 is 0. The molecule has 0 spiro atoms. The predicted molar refractivity (Wildman–Crippen MR) is 137 cm³/mol. The Hall–Kier alpha value is -3.20. The molecule has 3 aromatic carbocycles. The van der Waals surface area contributed by atoms with Crippen molar-refractivity contribution in [2.24, 2.45) is 4.99 Å². The number of carbonyl (C=O) groups is 1. The third kappa shape index (κ3) is 5.98. The minimum atomic E-state index is 0.0793. The van der Waals surface area contributed by atoms with E-state index in [9.17, 15) is 4.79 Å². The van der Waals surface area contributed by atoms with Gasteiger partial charge < -0.3 is 4.74 Å². The van der Waals surface area contributed by atoms with Crippen LogP contribution in [0, 0.1) is 0 Å². The summed E-state index contributed by atoms with van der Waals surface area (Å²) in [4.78, 5) is 17.3. The van der Waals surface area contributed by atoms with E-state index in [1.54, 1.807) is 0 Å². The van der Waals surface area contributed by atoms with Crippen LogP contribution in [0.3, 0.4) is 0 Å². The summed E-state index contributed by atoms with van der Waals surface area (Å²) in [6.45, 7) is 3.03. The van der Waals surface area contributed by atoms with Gasteiger partial charge in [-0.25, -0.2) is 0 Å². The number of hydrogen-bond acceptors (Lipinski definition) is 3. The van der Waals surface area contributed by atoms with Crippen LogP contribution >= 0.6 is 0 Å². The Balaban J connectivity index is 1.24. The van der Waals surface area contributed by atoms with Crippen LogP contribution in [0.1, 0.15) is 79.8 Å². The summed E-state index contributed by atoms with van der Waals surface area (Å²) in [5.41, 5.74) is 5.30. The molecule has 0 N–H and O–H groups in total. The van der Waals surface area contributed by atoms with Crippen molar-refractivity contribution in [1.82, 2.24) is 0 Å². The maximum Gasteiger partial charge on any atom is 0.194 e. The number of rotatable bonds is 12. The van der Waals surface area contributed by atoms with Crippen molar-refractivity contribution in [2.75, 3.05) is 6.61 Å². The first-order chi connectivity index (χ1) is 16.3. The van der Waals surface area contributed by atoms with E-state index in [1.165, 1.54) is 44.9 Å². The van der Waals surface area contributed by atoms with E-state index in [-0.39, 0.29) is 5.78 Å². The van der Waals surface area contributed by atoms with Gasteiger partial charge in [0.2, 0.25) is 0 Å². The van der Waals surface area contributed by atoms with Crippen LogP contribution in [0.2, 0.25) is 0 Å². The van der Waals surface area contributed by atoms with Gasteiger partial charge in [0.25, 0.3) is 0 Å². The summed E-state index contributed by atoms with van der Waals surface area (Å²) in [6.07, 6.45) is 12.3. The Labute approximate surface area is 197 Å². The highest BCUT2D eigenvalue weighted by atomic mass is 16.5. The maximum absolute atomic E-state index is 12.7. The van der Waals surface area contributed by atoms with E-state index in [0.29, 0.717) is 0 Å². The molecule has 33 heavy (non-hydrogen) atoms. The smallest absolute Gasteiger partial charge is 0.194 e. The molecule has 0 aliphatic heterocycles. The largest absolute Gasteiger partial charge is 0.494 e. The lowest BCUT2D eigenvalue weighted by molar-refractivity contribution is 0.104. The van der Waals surface area contributed by atoms with Gasteiger partial charge in [0.05, 0.1) is 12.3 Å². The van der Waals surface area contributed by atoms with Crippen molar-refractivity contribution in [2.45, 2.75) is 58.3 Å². The lowest BCUT2D eigenvalue weighted by Crippen LogP contribution is -1.97. The Morgan fingerprint density at radius 1 is 0.727 bits per heavy atom. The van der Waals surface area contributed by atoms with Crippen LogP contribution in [-0.4, -0.2) is 18.6 Å². The summed E-state index contributed by atoms with van der Waals surface area (Å²) in [5.74, 6) is 0.978. The van der Waals surface area contributed by atoms with Crippen molar-refractivity contribution in [1.29, 1.82) is 0 Å². The fraction of sp³-hybridized carbons (Fsp3) is 0.333. The highest BCUT2D eigenvalue weighted by Gasteiger charge is 2.26. The number of carbonyl (C=O) groups excluding carboxylic acids is 1. The number of fused-ring (bicyclic) bond motifs is 3. The molecular formula is C30H33NO2. The van der Waals surface area contributed by atoms with E-state index >= 15 is 0 Å². The molecule has 0 heterocycles. The zero-order valence-corrected chi connectivity index (χ0v) is 19.6. The Morgan fingerprint density at radius 2 is 1.39 bits per heavy atom. The average molecular weight is 440 g/mol. The minimum absolute atomic E-state index is 0.0793.